The molecule has 1 aliphatic heterocycles. The minimum atomic E-state index is -0.318. The summed E-state index contributed by atoms with van der Waals surface area (Å²) in [7, 11) is 3.35. The monoisotopic (exact) mass is 417 g/mol. The Hall–Kier alpha value is -2.38. The number of benzene rings is 2. The lowest BCUT2D eigenvalue weighted by Crippen LogP contribution is -2.36. The minimum Gasteiger partial charge on any atom is -0.495 e. The molecule has 0 atom stereocenters. The van der Waals surface area contributed by atoms with E-state index in [0.717, 1.165) is 36.1 Å². The summed E-state index contributed by atoms with van der Waals surface area (Å²) in [5.74, 6) is 0.263. The van der Waals surface area contributed by atoms with Crippen LogP contribution < -0.4 is 15.0 Å². The van der Waals surface area contributed by atoms with E-state index in [1.54, 1.807) is 20.3 Å². The molecule has 0 bridgehead atoms. The Bertz CT molecular complexity index is 939. The van der Waals surface area contributed by atoms with Crippen LogP contribution in [0.4, 0.5) is 20.9 Å². The number of ether oxygens (including phenoxy) is 2. The molecule has 0 amide bonds. The molecule has 1 aliphatic rings. The maximum absolute atomic E-state index is 13.6. The Labute approximate surface area is 175 Å². The fourth-order valence-electron chi connectivity index (χ4n) is 3.41. The summed E-state index contributed by atoms with van der Waals surface area (Å²) in [5, 5.41) is 3.89. The van der Waals surface area contributed by atoms with E-state index in [0.29, 0.717) is 22.7 Å². The second-order valence-electron chi connectivity index (χ2n) is 6.56. The first-order chi connectivity index (χ1) is 14.2. The van der Waals surface area contributed by atoms with Crippen LogP contribution in [0.15, 0.2) is 36.4 Å². The minimum absolute atomic E-state index is 0.318. The first-order valence-corrected chi connectivity index (χ1v) is 10.8. The Balaban J connectivity index is 0.00000117. The lowest BCUT2D eigenvalue weighted by molar-refractivity contribution is 0.0819. The van der Waals surface area contributed by atoms with E-state index < -0.39 is 0 Å². The molecule has 4 rings (SSSR count). The second kappa shape index (κ2) is 9.89. The van der Waals surface area contributed by atoms with Gasteiger partial charge in [-0.25, -0.2) is 9.37 Å². The highest BCUT2D eigenvalue weighted by Gasteiger charge is 2.19. The fourth-order valence-corrected chi connectivity index (χ4v) is 4.27. The lowest BCUT2D eigenvalue weighted by atomic mass is 10.1. The maximum atomic E-state index is 13.6. The highest BCUT2D eigenvalue weighted by atomic mass is 32.1. The molecule has 0 unspecified atom stereocenters. The Morgan fingerprint density at radius 2 is 1.86 bits per heavy atom. The number of piperidine rings is 1. The van der Waals surface area contributed by atoms with Gasteiger partial charge < -0.3 is 19.7 Å². The van der Waals surface area contributed by atoms with Crippen molar-refractivity contribution in [1.29, 1.82) is 0 Å². The zero-order valence-electron chi connectivity index (χ0n) is 17.4. The van der Waals surface area contributed by atoms with E-state index in [1.165, 1.54) is 29.2 Å². The van der Waals surface area contributed by atoms with Crippen LogP contribution in [-0.4, -0.2) is 38.4 Å². The average molecular weight is 418 g/mol. The van der Waals surface area contributed by atoms with Gasteiger partial charge in [0.1, 0.15) is 11.6 Å². The van der Waals surface area contributed by atoms with Gasteiger partial charge in [0.15, 0.2) is 5.13 Å². The largest absolute Gasteiger partial charge is 0.495 e. The van der Waals surface area contributed by atoms with Crippen molar-refractivity contribution < 1.29 is 13.9 Å². The highest BCUT2D eigenvalue weighted by molar-refractivity contribution is 7.22. The fraction of sp³-hybridized carbons (Fsp3) is 0.409. The molecule has 5 nitrogen and oxygen atoms in total. The van der Waals surface area contributed by atoms with Crippen molar-refractivity contribution in [3.63, 3.8) is 0 Å². The van der Waals surface area contributed by atoms with Crippen molar-refractivity contribution in [2.24, 2.45) is 0 Å². The van der Waals surface area contributed by atoms with Crippen LogP contribution in [-0.2, 0) is 4.74 Å². The standard InChI is InChI=1S/C20H22FN3O2S.C2H6/c1-25-15-7-9-24(10-8-15)14-4-6-19-17(12-14)23-20(27-19)22-16-11-13(21)3-5-18(16)26-2;1-2/h3-6,11-12,15H,7-10H2,1-2H3,(H,22,23);1-2H3. The number of hydrogen-bond acceptors (Lipinski definition) is 6. The average Bonchev–Trinajstić information content (AvgIpc) is 3.17. The van der Waals surface area contributed by atoms with Gasteiger partial charge in [0.05, 0.1) is 29.1 Å². The van der Waals surface area contributed by atoms with Gasteiger partial charge >= 0.3 is 0 Å². The summed E-state index contributed by atoms with van der Waals surface area (Å²) in [6.07, 6.45) is 2.44. The molecule has 29 heavy (non-hydrogen) atoms. The predicted molar refractivity (Wildman–Crippen MR) is 119 cm³/mol. The number of thiazole rings is 1. The normalized spacial score (nSPS) is 14.4. The summed E-state index contributed by atoms with van der Waals surface area (Å²) >= 11 is 1.54. The predicted octanol–water partition coefficient (Wildman–Crippen LogP) is 5.83. The van der Waals surface area contributed by atoms with Crippen LogP contribution >= 0.6 is 11.3 Å². The maximum Gasteiger partial charge on any atom is 0.188 e. The summed E-state index contributed by atoms with van der Waals surface area (Å²) in [5.41, 5.74) is 2.68. The van der Waals surface area contributed by atoms with E-state index >= 15 is 0 Å². The molecule has 156 valence electrons. The SMILES string of the molecule is CC.COc1ccc(F)cc1Nc1nc2cc(N3CCC(OC)CC3)ccc2s1. The molecule has 1 aromatic heterocycles. The van der Waals surface area contributed by atoms with E-state index in [-0.39, 0.29) is 5.82 Å². The van der Waals surface area contributed by atoms with Crippen LogP contribution in [0.3, 0.4) is 0 Å². The Morgan fingerprint density at radius 1 is 1.10 bits per heavy atom. The number of fused-ring (bicyclic) bond motifs is 1. The molecule has 1 N–H and O–H groups in total. The van der Waals surface area contributed by atoms with E-state index in [9.17, 15) is 4.39 Å². The smallest absolute Gasteiger partial charge is 0.188 e. The Kier molecular flexibility index (Phi) is 7.28. The van der Waals surface area contributed by atoms with Crippen LogP contribution in [0.2, 0.25) is 0 Å². The number of nitrogens with one attached hydrogen (secondary N) is 1. The van der Waals surface area contributed by atoms with Crippen molar-refractivity contribution in [1.82, 2.24) is 4.98 Å². The van der Waals surface area contributed by atoms with Gasteiger partial charge in [0, 0.05) is 32.0 Å². The van der Waals surface area contributed by atoms with Gasteiger partial charge in [-0.1, -0.05) is 25.2 Å². The van der Waals surface area contributed by atoms with Gasteiger partial charge in [0.25, 0.3) is 0 Å². The molecule has 7 heteroatoms. The zero-order chi connectivity index (χ0) is 20.8. The number of anilines is 3. The molecule has 1 saturated heterocycles. The van der Waals surface area contributed by atoms with Gasteiger partial charge in [-0.05, 0) is 43.2 Å². The van der Waals surface area contributed by atoms with Gasteiger partial charge in [-0.2, -0.15) is 0 Å². The molecule has 0 saturated carbocycles. The van der Waals surface area contributed by atoms with Gasteiger partial charge in [-0.15, -0.1) is 0 Å². The molecule has 2 aromatic carbocycles. The number of nitrogens with zero attached hydrogens (tertiary/aromatic N) is 2. The van der Waals surface area contributed by atoms with E-state index in [2.05, 4.69) is 33.4 Å². The van der Waals surface area contributed by atoms with Crippen molar-refractivity contribution in [3.8, 4) is 5.75 Å². The zero-order valence-corrected chi connectivity index (χ0v) is 18.2. The highest BCUT2D eigenvalue weighted by Crippen LogP contribution is 2.34. The van der Waals surface area contributed by atoms with Crippen molar-refractivity contribution in [3.05, 3.63) is 42.2 Å². The first-order valence-electron chi connectivity index (χ1n) is 9.95. The summed E-state index contributed by atoms with van der Waals surface area (Å²) in [6, 6.07) is 10.7. The topological polar surface area (TPSA) is 46.6 Å². The third-order valence-corrected chi connectivity index (χ3v) is 5.87. The molecule has 2 heterocycles. The third-order valence-electron chi connectivity index (χ3n) is 4.91. The lowest BCUT2D eigenvalue weighted by Gasteiger charge is -2.32. The summed E-state index contributed by atoms with van der Waals surface area (Å²) in [4.78, 5) is 7.05. The van der Waals surface area contributed by atoms with Crippen molar-refractivity contribution >= 4 is 38.1 Å². The molecule has 0 aliphatic carbocycles. The second-order valence-corrected chi connectivity index (χ2v) is 7.59. The van der Waals surface area contributed by atoms with Crippen LogP contribution in [0.5, 0.6) is 5.75 Å². The van der Waals surface area contributed by atoms with E-state index in [1.807, 2.05) is 13.8 Å². The van der Waals surface area contributed by atoms with Crippen molar-refractivity contribution in [2.75, 3.05) is 37.5 Å². The number of rotatable bonds is 5. The molecule has 1 fully saturated rings. The van der Waals surface area contributed by atoms with Crippen LogP contribution in [0, 0.1) is 5.82 Å². The summed E-state index contributed by atoms with van der Waals surface area (Å²) in [6.45, 7) is 5.97. The number of hydrogen-bond donors (Lipinski definition) is 1. The summed E-state index contributed by atoms with van der Waals surface area (Å²) < 4.78 is 25.4. The first kappa shape index (κ1) is 21.3. The van der Waals surface area contributed by atoms with E-state index in [4.69, 9.17) is 9.47 Å². The number of halogens is 1. The quantitative estimate of drug-likeness (QED) is 0.566. The third kappa shape index (κ3) is 4.97. The number of aromatic nitrogens is 1. The number of methoxy groups -OCH3 is 2. The molecular weight excluding hydrogens is 389 g/mol. The van der Waals surface area contributed by atoms with Crippen LogP contribution in [0.25, 0.3) is 10.2 Å². The molecule has 0 spiro atoms. The van der Waals surface area contributed by atoms with Crippen LogP contribution in [0.1, 0.15) is 26.7 Å². The van der Waals surface area contributed by atoms with Gasteiger partial charge in [-0.3, -0.25) is 0 Å². The molecular formula is C22H28FN3O2S. The van der Waals surface area contributed by atoms with Gasteiger partial charge in [0.2, 0.25) is 0 Å². The molecule has 0 radical (unpaired) electrons. The van der Waals surface area contributed by atoms with Crippen molar-refractivity contribution in [2.45, 2.75) is 32.8 Å². The Morgan fingerprint density at radius 3 is 2.55 bits per heavy atom. The molecule has 3 aromatic rings.